The minimum absolute atomic E-state index is 0.0737. The number of benzene rings is 2. The maximum absolute atomic E-state index is 12.6. The number of nitrogens with two attached hydrogens (primary N) is 1. The van der Waals surface area contributed by atoms with E-state index in [1.165, 1.54) is 5.56 Å². The number of amides is 1. The van der Waals surface area contributed by atoms with Crippen LogP contribution in [0.3, 0.4) is 0 Å². The van der Waals surface area contributed by atoms with Crippen LogP contribution in [0, 0.1) is 5.92 Å². The number of rotatable bonds is 6. The van der Waals surface area contributed by atoms with Crippen molar-refractivity contribution in [3.8, 4) is 5.75 Å². The summed E-state index contributed by atoms with van der Waals surface area (Å²) in [5, 5.41) is 0. The number of carbonyl (C=O) groups excluding carboxylic acids is 1. The molecule has 1 atom stereocenters. The van der Waals surface area contributed by atoms with Crippen molar-refractivity contribution in [1.82, 2.24) is 4.90 Å². The summed E-state index contributed by atoms with van der Waals surface area (Å²) < 4.78 is 5.45. The van der Waals surface area contributed by atoms with Crippen molar-refractivity contribution >= 4 is 5.91 Å². The molecular formula is C22H28N2O2. The van der Waals surface area contributed by atoms with Gasteiger partial charge < -0.3 is 15.4 Å². The van der Waals surface area contributed by atoms with E-state index in [4.69, 9.17) is 10.5 Å². The van der Waals surface area contributed by atoms with Crippen molar-refractivity contribution in [2.75, 3.05) is 20.2 Å². The molecule has 2 aromatic rings. The lowest BCUT2D eigenvalue weighted by Crippen LogP contribution is -2.48. The SMILES string of the molecule is COc1ccccc1CC1CCN(C(=O)[C@@H](N)Cc2ccccc2)CC1. The number of hydrogen-bond acceptors (Lipinski definition) is 3. The van der Waals surface area contributed by atoms with Crippen molar-refractivity contribution in [2.24, 2.45) is 11.7 Å². The van der Waals surface area contributed by atoms with Gasteiger partial charge in [-0.05, 0) is 48.8 Å². The molecule has 1 fully saturated rings. The van der Waals surface area contributed by atoms with E-state index in [2.05, 4.69) is 12.1 Å². The molecule has 0 radical (unpaired) electrons. The highest BCUT2D eigenvalue weighted by molar-refractivity contribution is 5.82. The molecule has 0 spiro atoms. The van der Waals surface area contributed by atoms with Gasteiger partial charge >= 0.3 is 0 Å². The minimum atomic E-state index is -0.455. The monoisotopic (exact) mass is 352 g/mol. The quantitative estimate of drug-likeness (QED) is 0.869. The Morgan fingerprint density at radius 2 is 1.77 bits per heavy atom. The van der Waals surface area contributed by atoms with E-state index in [0.29, 0.717) is 12.3 Å². The predicted molar refractivity (Wildman–Crippen MR) is 104 cm³/mol. The van der Waals surface area contributed by atoms with Crippen LogP contribution < -0.4 is 10.5 Å². The van der Waals surface area contributed by atoms with E-state index in [1.807, 2.05) is 47.4 Å². The Morgan fingerprint density at radius 3 is 2.46 bits per heavy atom. The zero-order chi connectivity index (χ0) is 18.4. The van der Waals surface area contributed by atoms with Gasteiger partial charge in [-0.15, -0.1) is 0 Å². The predicted octanol–water partition coefficient (Wildman–Crippen LogP) is 3.05. The summed E-state index contributed by atoms with van der Waals surface area (Å²) in [4.78, 5) is 14.6. The molecule has 3 rings (SSSR count). The van der Waals surface area contributed by atoms with E-state index >= 15 is 0 Å². The summed E-state index contributed by atoms with van der Waals surface area (Å²) in [5.41, 5.74) is 8.53. The Balaban J connectivity index is 1.50. The van der Waals surface area contributed by atoms with E-state index in [-0.39, 0.29) is 5.91 Å². The molecule has 1 saturated heterocycles. The molecule has 26 heavy (non-hydrogen) atoms. The largest absolute Gasteiger partial charge is 0.496 e. The molecule has 2 N–H and O–H groups in total. The summed E-state index contributed by atoms with van der Waals surface area (Å²) in [7, 11) is 1.72. The maximum atomic E-state index is 12.6. The average molecular weight is 352 g/mol. The summed E-state index contributed by atoms with van der Waals surface area (Å²) in [6.07, 6.45) is 3.63. The molecule has 0 unspecified atom stereocenters. The van der Waals surface area contributed by atoms with Gasteiger partial charge in [0, 0.05) is 13.1 Å². The Morgan fingerprint density at radius 1 is 1.12 bits per heavy atom. The lowest BCUT2D eigenvalue weighted by Gasteiger charge is -2.33. The van der Waals surface area contributed by atoms with E-state index in [1.54, 1.807) is 7.11 Å². The van der Waals surface area contributed by atoms with Gasteiger partial charge in [0.15, 0.2) is 0 Å². The van der Waals surface area contributed by atoms with Crippen molar-refractivity contribution in [3.05, 3.63) is 65.7 Å². The van der Waals surface area contributed by atoms with Crippen LogP contribution in [-0.2, 0) is 17.6 Å². The van der Waals surface area contributed by atoms with Gasteiger partial charge in [0.2, 0.25) is 5.91 Å². The second-order valence-electron chi connectivity index (χ2n) is 7.08. The molecule has 1 amide bonds. The number of methoxy groups -OCH3 is 1. The Hall–Kier alpha value is -2.33. The number of para-hydroxylation sites is 1. The number of piperidine rings is 1. The summed E-state index contributed by atoms with van der Waals surface area (Å²) >= 11 is 0. The lowest BCUT2D eigenvalue weighted by molar-refractivity contribution is -0.133. The zero-order valence-electron chi connectivity index (χ0n) is 15.4. The smallest absolute Gasteiger partial charge is 0.239 e. The first-order valence-electron chi connectivity index (χ1n) is 9.37. The van der Waals surface area contributed by atoms with Crippen LogP contribution in [0.25, 0.3) is 0 Å². The molecule has 0 aromatic heterocycles. The highest BCUT2D eigenvalue weighted by atomic mass is 16.5. The lowest BCUT2D eigenvalue weighted by atomic mass is 9.89. The minimum Gasteiger partial charge on any atom is -0.496 e. The molecule has 0 saturated carbocycles. The third kappa shape index (κ3) is 4.64. The fourth-order valence-electron chi connectivity index (χ4n) is 3.73. The fraction of sp³-hybridized carbons (Fsp3) is 0.409. The van der Waals surface area contributed by atoms with Crippen LogP contribution in [0.5, 0.6) is 5.75 Å². The number of likely N-dealkylation sites (tertiary alicyclic amines) is 1. The summed E-state index contributed by atoms with van der Waals surface area (Å²) in [6.45, 7) is 1.59. The molecule has 4 nitrogen and oxygen atoms in total. The molecule has 138 valence electrons. The number of ether oxygens (including phenoxy) is 1. The van der Waals surface area contributed by atoms with Crippen molar-refractivity contribution in [3.63, 3.8) is 0 Å². The second kappa shape index (κ2) is 8.86. The zero-order valence-corrected chi connectivity index (χ0v) is 15.4. The van der Waals surface area contributed by atoms with Crippen LogP contribution in [-0.4, -0.2) is 37.0 Å². The van der Waals surface area contributed by atoms with Gasteiger partial charge in [-0.2, -0.15) is 0 Å². The maximum Gasteiger partial charge on any atom is 0.239 e. The standard InChI is InChI=1S/C22H28N2O2/c1-26-21-10-6-5-9-19(21)15-18-11-13-24(14-12-18)22(25)20(23)16-17-7-3-2-4-8-17/h2-10,18,20H,11-16,23H2,1H3/t20-/m0/s1. The van der Waals surface area contributed by atoms with Crippen LogP contribution in [0.2, 0.25) is 0 Å². The van der Waals surface area contributed by atoms with Gasteiger partial charge in [0.05, 0.1) is 13.2 Å². The molecule has 1 aliphatic rings. The highest BCUT2D eigenvalue weighted by Crippen LogP contribution is 2.26. The van der Waals surface area contributed by atoms with E-state index < -0.39 is 6.04 Å². The van der Waals surface area contributed by atoms with Gasteiger partial charge in [-0.3, -0.25) is 4.79 Å². The van der Waals surface area contributed by atoms with Crippen LogP contribution in [0.1, 0.15) is 24.0 Å². The Kier molecular flexibility index (Phi) is 6.29. The van der Waals surface area contributed by atoms with Crippen LogP contribution in [0.15, 0.2) is 54.6 Å². The van der Waals surface area contributed by atoms with Crippen LogP contribution >= 0.6 is 0 Å². The molecule has 1 aliphatic heterocycles. The first kappa shape index (κ1) is 18.5. The van der Waals surface area contributed by atoms with Crippen LogP contribution in [0.4, 0.5) is 0 Å². The normalized spacial score (nSPS) is 16.3. The Bertz CT molecular complexity index is 709. The summed E-state index contributed by atoms with van der Waals surface area (Å²) in [5.74, 6) is 1.61. The number of carbonyl (C=O) groups is 1. The molecule has 4 heteroatoms. The molecular weight excluding hydrogens is 324 g/mol. The topological polar surface area (TPSA) is 55.6 Å². The van der Waals surface area contributed by atoms with Crippen molar-refractivity contribution in [1.29, 1.82) is 0 Å². The first-order valence-corrected chi connectivity index (χ1v) is 9.37. The first-order chi connectivity index (χ1) is 12.7. The van der Waals surface area contributed by atoms with Gasteiger partial charge in [-0.1, -0.05) is 48.5 Å². The number of hydrogen-bond donors (Lipinski definition) is 1. The third-order valence-electron chi connectivity index (χ3n) is 5.24. The number of nitrogens with zero attached hydrogens (tertiary/aromatic N) is 1. The van der Waals surface area contributed by atoms with Gasteiger partial charge in [0.25, 0.3) is 0 Å². The third-order valence-corrected chi connectivity index (χ3v) is 5.24. The fourth-order valence-corrected chi connectivity index (χ4v) is 3.73. The van der Waals surface area contributed by atoms with Gasteiger partial charge in [-0.25, -0.2) is 0 Å². The summed E-state index contributed by atoms with van der Waals surface area (Å²) in [6, 6.07) is 17.7. The van der Waals surface area contributed by atoms with Crippen molar-refractivity contribution in [2.45, 2.75) is 31.7 Å². The highest BCUT2D eigenvalue weighted by Gasteiger charge is 2.26. The Labute approximate surface area is 156 Å². The van der Waals surface area contributed by atoms with E-state index in [0.717, 1.165) is 43.7 Å². The molecule has 2 aromatic carbocycles. The molecule has 0 aliphatic carbocycles. The second-order valence-corrected chi connectivity index (χ2v) is 7.08. The van der Waals surface area contributed by atoms with Gasteiger partial charge in [0.1, 0.15) is 5.75 Å². The average Bonchev–Trinajstić information content (AvgIpc) is 2.69. The molecule has 0 bridgehead atoms. The molecule has 1 heterocycles. The van der Waals surface area contributed by atoms with E-state index in [9.17, 15) is 4.79 Å². The van der Waals surface area contributed by atoms with Crippen molar-refractivity contribution < 1.29 is 9.53 Å².